The maximum atomic E-state index is 3.67. The normalized spacial score (nSPS) is 28.1. The van der Waals surface area contributed by atoms with E-state index < -0.39 is 0 Å². The summed E-state index contributed by atoms with van der Waals surface area (Å²) < 4.78 is 0. The van der Waals surface area contributed by atoms with E-state index in [0.29, 0.717) is 0 Å². The molecule has 1 saturated heterocycles. The number of hydrogen-bond donors (Lipinski definition) is 1. The zero-order valence-corrected chi connectivity index (χ0v) is 12.1. The van der Waals surface area contributed by atoms with Crippen molar-refractivity contribution >= 4 is 0 Å². The highest BCUT2D eigenvalue weighted by Gasteiger charge is 2.27. The van der Waals surface area contributed by atoms with Gasteiger partial charge >= 0.3 is 0 Å². The fourth-order valence-electron chi connectivity index (χ4n) is 3.71. The molecule has 1 fully saturated rings. The second kappa shape index (κ2) is 6.06. The molecule has 2 unspecified atom stereocenters. The Balaban J connectivity index is 1.64. The molecule has 1 aromatic carbocycles. The summed E-state index contributed by atoms with van der Waals surface area (Å²) >= 11 is 0. The molecular weight excluding hydrogens is 232 g/mol. The van der Waals surface area contributed by atoms with Gasteiger partial charge in [0, 0.05) is 31.7 Å². The SMILES string of the molecule is CCCC1CN(C2CCc3ccccc3C2)CCN1. The van der Waals surface area contributed by atoms with Crippen LogP contribution in [0.25, 0.3) is 0 Å². The molecule has 104 valence electrons. The molecule has 1 aliphatic heterocycles. The molecular formula is C17H26N2. The second-order valence-corrected chi connectivity index (χ2v) is 6.10. The van der Waals surface area contributed by atoms with Crippen LogP contribution < -0.4 is 5.32 Å². The van der Waals surface area contributed by atoms with Crippen LogP contribution in [0.15, 0.2) is 24.3 Å². The minimum Gasteiger partial charge on any atom is -0.311 e. The van der Waals surface area contributed by atoms with Crippen LogP contribution in [0.2, 0.25) is 0 Å². The van der Waals surface area contributed by atoms with E-state index in [9.17, 15) is 0 Å². The lowest BCUT2D eigenvalue weighted by atomic mass is 9.87. The van der Waals surface area contributed by atoms with Crippen LogP contribution in [0.3, 0.4) is 0 Å². The van der Waals surface area contributed by atoms with Crippen molar-refractivity contribution in [3.63, 3.8) is 0 Å². The van der Waals surface area contributed by atoms with Crippen LogP contribution in [0.1, 0.15) is 37.3 Å². The Kier molecular flexibility index (Phi) is 4.19. The summed E-state index contributed by atoms with van der Waals surface area (Å²) in [7, 11) is 0. The lowest BCUT2D eigenvalue weighted by Crippen LogP contribution is -2.54. The Hall–Kier alpha value is -0.860. The second-order valence-electron chi connectivity index (χ2n) is 6.10. The zero-order chi connectivity index (χ0) is 13.1. The lowest BCUT2D eigenvalue weighted by Gasteiger charge is -2.41. The number of fused-ring (bicyclic) bond motifs is 1. The average Bonchev–Trinajstić information content (AvgIpc) is 2.47. The minimum absolute atomic E-state index is 0.718. The molecule has 0 amide bonds. The number of hydrogen-bond acceptors (Lipinski definition) is 2. The Bertz CT molecular complexity index is 413. The largest absolute Gasteiger partial charge is 0.311 e. The van der Waals surface area contributed by atoms with Crippen LogP contribution in [0.5, 0.6) is 0 Å². The molecule has 2 nitrogen and oxygen atoms in total. The van der Waals surface area contributed by atoms with E-state index in [0.717, 1.165) is 12.1 Å². The van der Waals surface area contributed by atoms with Gasteiger partial charge in [0.15, 0.2) is 0 Å². The molecule has 1 aromatic rings. The maximum Gasteiger partial charge on any atom is 0.0195 e. The van der Waals surface area contributed by atoms with Gasteiger partial charge in [-0.15, -0.1) is 0 Å². The quantitative estimate of drug-likeness (QED) is 0.896. The summed E-state index contributed by atoms with van der Waals surface area (Å²) in [4.78, 5) is 2.74. The monoisotopic (exact) mass is 258 g/mol. The smallest absolute Gasteiger partial charge is 0.0195 e. The van der Waals surface area contributed by atoms with E-state index in [1.165, 1.54) is 51.7 Å². The van der Waals surface area contributed by atoms with Crippen LogP contribution >= 0.6 is 0 Å². The van der Waals surface area contributed by atoms with Crippen molar-refractivity contribution in [1.82, 2.24) is 10.2 Å². The third kappa shape index (κ3) is 3.01. The predicted molar refractivity (Wildman–Crippen MR) is 80.5 cm³/mol. The first-order chi connectivity index (χ1) is 9.36. The van der Waals surface area contributed by atoms with E-state index in [2.05, 4.69) is 41.4 Å². The van der Waals surface area contributed by atoms with Crippen molar-refractivity contribution in [2.45, 2.75) is 51.1 Å². The molecule has 0 saturated carbocycles. The molecule has 1 aliphatic carbocycles. The molecule has 1 N–H and O–H groups in total. The summed E-state index contributed by atoms with van der Waals surface area (Å²) in [5.41, 5.74) is 3.17. The lowest BCUT2D eigenvalue weighted by molar-refractivity contribution is 0.129. The van der Waals surface area contributed by atoms with Gasteiger partial charge in [-0.05, 0) is 36.8 Å². The van der Waals surface area contributed by atoms with Crippen molar-refractivity contribution in [3.8, 4) is 0 Å². The van der Waals surface area contributed by atoms with Crippen molar-refractivity contribution in [1.29, 1.82) is 0 Å². The number of benzene rings is 1. The number of nitrogens with one attached hydrogen (secondary N) is 1. The van der Waals surface area contributed by atoms with Gasteiger partial charge in [0.05, 0.1) is 0 Å². The molecule has 19 heavy (non-hydrogen) atoms. The standard InChI is InChI=1S/C17H26N2/c1-2-5-16-13-19(11-10-18-16)17-9-8-14-6-3-4-7-15(14)12-17/h3-4,6-7,16-18H,2,5,8-13H2,1H3. The van der Waals surface area contributed by atoms with Crippen molar-refractivity contribution < 1.29 is 0 Å². The number of aryl methyl sites for hydroxylation is 1. The molecule has 2 atom stereocenters. The molecule has 0 spiro atoms. The first kappa shape index (κ1) is 13.1. The Labute approximate surface area is 117 Å². The zero-order valence-electron chi connectivity index (χ0n) is 12.1. The van der Waals surface area contributed by atoms with Crippen LogP contribution in [0.4, 0.5) is 0 Å². The van der Waals surface area contributed by atoms with E-state index >= 15 is 0 Å². The summed E-state index contributed by atoms with van der Waals surface area (Å²) in [6.45, 7) is 5.94. The predicted octanol–water partition coefficient (Wildman–Crippen LogP) is 2.62. The molecule has 2 aliphatic rings. The summed E-state index contributed by atoms with van der Waals surface area (Å²) in [6.07, 6.45) is 6.48. The van der Waals surface area contributed by atoms with E-state index in [-0.39, 0.29) is 0 Å². The van der Waals surface area contributed by atoms with Gasteiger partial charge in [-0.25, -0.2) is 0 Å². The highest BCUT2D eigenvalue weighted by atomic mass is 15.2. The average molecular weight is 258 g/mol. The van der Waals surface area contributed by atoms with Gasteiger partial charge in [0.1, 0.15) is 0 Å². The summed E-state index contributed by atoms with van der Waals surface area (Å²) in [5, 5.41) is 3.67. The van der Waals surface area contributed by atoms with Crippen LogP contribution in [-0.2, 0) is 12.8 Å². The van der Waals surface area contributed by atoms with Gasteiger partial charge in [0.2, 0.25) is 0 Å². The van der Waals surface area contributed by atoms with Gasteiger partial charge in [0.25, 0.3) is 0 Å². The third-order valence-electron chi connectivity index (χ3n) is 4.76. The van der Waals surface area contributed by atoms with Gasteiger partial charge in [-0.1, -0.05) is 37.6 Å². The fraction of sp³-hybridized carbons (Fsp3) is 0.647. The Morgan fingerprint density at radius 1 is 1.26 bits per heavy atom. The number of rotatable bonds is 3. The first-order valence-electron chi connectivity index (χ1n) is 7.91. The van der Waals surface area contributed by atoms with Crippen molar-refractivity contribution in [2.75, 3.05) is 19.6 Å². The third-order valence-corrected chi connectivity index (χ3v) is 4.76. The minimum atomic E-state index is 0.718. The molecule has 0 radical (unpaired) electrons. The molecule has 0 aromatic heterocycles. The van der Waals surface area contributed by atoms with Gasteiger partial charge < -0.3 is 5.32 Å². The number of nitrogens with zero attached hydrogens (tertiary/aromatic N) is 1. The molecule has 3 rings (SSSR count). The van der Waals surface area contributed by atoms with Crippen molar-refractivity contribution in [3.05, 3.63) is 35.4 Å². The van der Waals surface area contributed by atoms with Crippen molar-refractivity contribution in [2.24, 2.45) is 0 Å². The highest BCUT2D eigenvalue weighted by molar-refractivity contribution is 5.30. The summed E-state index contributed by atoms with van der Waals surface area (Å²) in [5.74, 6) is 0. The van der Waals surface area contributed by atoms with E-state index in [1.807, 2.05) is 0 Å². The number of piperazine rings is 1. The first-order valence-corrected chi connectivity index (χ1v) is 7.91. The Morgan fingerprint density at radius 3 is 2.95 bits per heavy atom. The molecule has 1 heterocycles. The van der Waals surface area contributed by atoms with Crippen LogP contribution in [0, 0.1) is 0 Å². The molecule has 2 heteroatoms. The highest BCUT2D eigenvalue weighted by Crippen LogP contribution is 2.25. The maximum absolute atomic E-state index is 3.67. The molecule has 0 bridgehead atoms. The van der Waals surface area contributed by atoms with E-state index in [4.69, 9.17) is 0 Å². The Morgan fingerprint density at radius 2 is 2.11 bits per heavy atom. The topological polar surface area (TPSA) is 15.3 Å². The summed E-state index contributed by atoms with van der Waals surface area (Å²) in [6, 6.07) is 10.5. The fourth-order valence-corrected chi connectivity index (χ4v) is 3.71. The van der Waals surface area contributed by atoms with E-state index in [1.54, 1.807) is 11.1 Å². The van der Waals surface area contributed by atoms with Crippen LogP contribution in [-0.4, -0.2) is 36.6 Å². The van der Waals surface area contributed by atoms with Gasteiger partial charge in [-0.3, -0.25) is 4.90 Å². The van der Waals surface area contributed by atoms with Gasteiger partial charge in [-0.2, -0.15) is 0 Å².